The molecule has 2 nitrogen and oxygen atoms in total. The first-order valence-electron chi connectivity index (χ1n) is 3.52. The summed E-state index contributed by atoms with van der Waals surface area (Å²) in [7, 11) is 0. The lowest BCUT2D eigenvalue weighted by molar-refractivity contribution is 0.106. The van der Waals surface area contributed by atoms with E-state index in [0.29, 0.717) is 21.0 Å². The lowest BCUT2D eigenvalue weighted by atomic mass is 10.0. The van der Waals surface area contributed by atoms with Crippen molar-refractivity contribution in [3.8, 4) is 0 Å². The van der Waals surface area contributed by atoms with Crippen molar-refractivity contribution in [2.45, 2.75) is 6.92 Å². The summed E-state index contributed by atoms with van der Waals surface area (Å²) in [5.41, 5.74) is 1.45. The molecule has 1 aromatic rings. The molecule has 13 heavy (non-hydrogen) atoms. The highest BCUT2D eigenvalue weighted by atomic mass is 127. The smallest absolute Gasteiger partial charge is 0.254 e. The molecule has 0 aliphatic heterocycles. The number of carbonyl (C=O) groups excluding carboxylic acids is 2. The van der Waals surface area contributed by atoms with E-state index in [0.717, 1.165) is 5.56 Å². The highest BCUT2D eigenvalue weighted by Gasteiger charge is 2.14. The maximum Gasteiger partial charge on any atom is 0.254 e. The number of rotatable bonds is 2. The Morgan fingerprint density at radius 2 is 2.15 bits per heavy atom. The molecule has 0 unspecified atom stereocenters. The van der Waals surface area contributed by atoms with E-state index in [2.05, 4.69) is 0 Å². The molecule has 0 fully saturated rings. The molecule has 68 valence electrons. The predicted octanol–water partition coefficient (Wildman–Crippen LogP) is 2.79. The highest BCUT2D eigenvalue weighted by Crippen LogP contribution is 2.20. The molecule has 0 heterocycles. The van der Waals surface area contributed by atoms with Gasteiger partial charge >= 0.3 is 0 Å². The molecule has 0 saturated carbocycles. The molecule has 0 aliphatic carbocycles. The highest BCUT2D eigenvalue weighted by molar-refractivity contribution is 14.1. The quantitative estimate of drug-likeness (QED) is 0.478. The van der Waals surface area contributed by atoms with E-state index in [1.807, 2.05) is 22.6 Å². The maximum atomic E-state index is 11.0. The topological polar surface area (TPSA) is 34.1 Å². The van der Waals surface area contributed by atoms with Gasteiger partial charge in [-0.25, -0.2) is 0 Å². The second-order valence-corrected chi connectivity index (χ2v) is 4.05. The number of benzene rings is 1. The molecule has 0 atom stereocenters. The fourth-order valence-electron chi connectivity index (χ4n) is 1.05. The molecule has 0 N–H and O–H groups in total. The van der Waals surface area contributed by atoms with Gasteiger partial charge in [-0.1, -0.05) is 6.07 Å². The van der Waals surface area contributed by atoms with Crippen molar-refractivity contribution in [1.29, 1.82) is 0 Å². The van der Waals surface area contributed by atoms with Crippen LogP contribution in [0.15, 0.2) is 12.1 Å². The minimum atomic E-state index is -0.588. The van der Waals surface area contributed by atoms with Crippen molar-refractivity contribution in [3.63, 3.8) is 0 Å². The van der Waals surface area contributed by atoms with Gasteiger partial charge in [-0.2, -0.15) is 0 Å². The third kappa shape index (κ3) is 2.08. The van der Waals surface area contributed by atoms with E-state index in [4.69, 9.17) is 11.6 Å². The van der Waals surface area contributed by atoms with Gasteiger partial charge in [0.15, 0.2) is 6.29 Å². The number of hydrogen-bond acceptors (Lipinski definition) is 2. The molecular formula is C9H6ClIO2. The van der Waals surface area contributed by atoms with E-state index >= 15 is 0 Å². The minimum absolute atomic E-state index is 0.303. The number of carbonyl (C=O) groups is 2. The molecule has 0 saturated heterocycles. The van der Waals surface area contributed by atoms with Crippen molar-refractivity contribution >= 4 is 45.7 Å². The molecule has 0 radical (unpaired) electrons. The van der Waals surface area contributed by atoms with E-state index in [9.17, 15) is 9.59 Å². The monoisotopic (exact) mass is 308 g/mol. The number of halogens is 2. The van der Waals surface area contributed by atoms with Crippen LogP contribution in [0.2, 0.25) is 0 Å². The van der Waals surface area contributed by atoms with Gasteiger partial charge in [0.1, 0.15) is 0 Å². The molecule has 0 aromatic heterocycles. The second kappa shape index (κ2) is 4.19. The molecular weight excluding hydrogens is 302 g/mol. The first kappa shape index (κ1) is 10.7. The Balaban J connectivity index is 3.52. The van der Waals surface area contributed by atoms with Gasteiger partial charge in [0, 0.05) is 9.13 Å². The largest absolute Gasteiger partial charge is 0.298 e. The summed E-state index contributed by atoms with van der Waals surface area (Å²) in [6, 6.07) is 3.55. The zero-order valence-electron chi connectivity index (χ0n) is 6.80. The van der Waals surface area contributed by atoms with Crippen molar-refractivity contribution in [2.24, 2.45) is 0 Å². The van der Waals surface area contributed by atoms with Crippen molar-refractivity contribution in [2.75, 3.05) is 0 Å². The first-order chi connectivity index (χ1) is 6.07. The average molecular weight is 309 g/mol. The Hall–Kier alpha value is -0.420. The van der Waals surface area contributed by atoms with Crippen LogP contribution in [-0.4, -0.2) is 11.5 Å². The predicted molar refractivity (Wildman–Crippen MR) is 59.5 cm³/mol. The van der Waals surface area contributed by atoms with Crippen molar-refractivity contribution < 1.29 is 9.59 Å². The van der Waals surface area contributed by atoms with Crippen LogP contribution in [0.1, 0.15) is 26.3 Å². The summed E-state index contributed by atoms with van der Waals surface area (Å²) in [5, 5.41) is -0.588. The van der Waals surface area contributed by atoms with E-state index in [-0.39, 0.29) is 0 Å². The van der Waals surface area contributed by atoms with E-state index < -0.39 is 5.24 Å². The summed E-state index contributed by atoms with van der Waals surface area (Å²) in [5.74, 6) is 0. The zero-order chi connectivity index (χ0) is 10.0. The van der Waals surface area contributed by atoms with Crippen LogP contribution in [0.4, 0.5) is 0 Å². The molecule has 1 aromatic carbocycles. The minimum Gasteiger partial charge on any atom is -0.298 e. The fourth-order valence-corrected chi connectivity index (χ4v) is 2.13. The van der Waals surface area contributed by atoms with Crippen LogP contribution < -0.4 is 0 Å². The molecule has 1 rings (SSSR count). The Morgan fingerprint density at radius 3 is 2.54 bits per heavy atom. The third-order valence-electron chi connectivity index (χ3n) is 1.73. The third-order valence-corrected chi connectivity index (χ3v) is 2.82. The zero-order valence-corrected chi connectivity index (χ0v) is 9.72. The molecule has 0 aliphatic rings. The van der Waals surface area contributed by atoms with Crippen LogP contribution in [0.5, 0.6) is 0 Å². The average Bonchev–Trinajstić information content (AvgIpc) is 2.07. The number of aldehydes is 1. The van der Waals surface area contributed by atoms with Gasteiger partial charge in [0.05, 0.1) is 5.56 Å². The lowest BCUT2D eigenvalue weighted by Crippen LogP contribution is -2.02. The summed E-state index contributed by atoms with van der Waals surface area (Å²) in [6.45, 7) is 1.77. The van der Waals surface area contributed by atoms with E-state index in [1.165, 1.54) is 0 Å². The SMILES string of the molecule is Cc1ccc(I)c(C(=O)Cl)c1C=O. The van der Waals surface area contributed by atoms with Gasteiger partial charge in [-0.3, -0.25) is 9.59 Å². The molecule has 4 heteroatoms. The standard InChI is InChI=1S/C9H6ClIO2/c1-5-2-3-7(11)8(9(10)13)6(5)4-12/h2-4H,1H3. The Kier molecular flexibility index (Phi) is 3.44. The fraction of sp³-hybridized carbons (Fsp3) is 0.111. The van der Waals surface area contributed by atoms with Gasteiger partial charge in [0.25, 0.3) is 5.24 Å². The Labute approximate surface area is 94.4 Å². The first-order valence-corrected chi connectivity index (χ1v) is 4.97. The summed E-state index contributed by atoms with van der Waals surface area (Å²) >= 11 is 7.34. The van der Waals surface area contributed by atoms with Crippen LogP contribution in [0, 0.1) is 10.5 Å². The second-order valence-electron chi connectivity index (χ2n) is 2.54. The Morgan fingerprint density at radius 1 is 1.54 bits per heavy atom. The maximum absolute atomic E-state index is 11.0. The van der Waals surface area contributed by atoms with Crippen LogP contribution in [0.3, 0.4) is 0 Å². The van der Waals surface area contributed by atoms with Gasteiger partial charge in [-0.15, -0.1) is 0 Å². The van der Waals surface area contributed by atoms with Crippen molar-refractivity contribution in [1.82, 2.24) is 0 Å². The van der Waals surface area contributed by atoms with Gasteiger partial charge in [0.2, 0.25) is 0 Å². The number of aryl methyl sites for hydroxylation is 1. The van der Waals surface area contributed by atoms with Crippen molar-refractivity contribution in [3.05, 3.63) is 32.4 Å². The van der Waals surface area contributed by atoms with Gasteiger partial charge in [-0.05, 0) is 52.7 Å². The molecule has 0 bridgehead atoms. The molecule has 0 amide bonds. The summed E-state index contributed by atoms with van der Waals surface area (Å²) in [4.78, 5) is 21.7. The Bertz CT molecular complexity index is 374. The summed E-state index contributed by atoms with van der Waals surface area (Å²) < 4.78 is 0.699. The lowest BCUT2D eigenvalue weighted by Gasteiger charge is -2.05. The van der Waals surface area contributed by atoms with Crippen LogP contribution in [-0.2, 0) is 0 Å². The van der Waals surface area contributed by atoms with E-state index in [1.54, 1.807) is 19.1 Å². The van der Waals surface area contributed by atoms with Crippen LogP contribution >= 0.6 is 34.2 Å². The number of hydrogen-bond donors (Lipinski definition) is 0. The molecule has 0 spiro atoms. The van der Waals surface area contributed by atoms with Crippen LogP contribution in [0.25, 0.3) is 0 Å². The van der Waals surface area contributed by atoms with Gasteiger partial charge < -0.3 is 0 Å². The normalized spacial score (nSPS) is 9.77. The summed E-state index contributed by atoms with van der Waals surface area (Å²) in [6.07, 6.45) is 0.660.